The van der Waals surface area contributed by atoms with Crippen LogP contribution in [0.1, 0.15) is 18.7 Å². The first kappa shape index (κ1) is 18.7. The van der Waals surface area contributed by atoms with E-state index in [1.54, 1.807) is 24.5 Å². The van der Waals surface area contributed by atoms with Crippen molar-refractivity contribution in [1.82, 2.24) is 19.9 Å². The van der Waals surface area contributed by atoms with Gasteiger partial charge in [0.15, 0.2) is 0 Å². The molecular formula is C22H24N6O2. The Bertz CT molecular complexity index is 1110. The number of anilines is 3. The van der Waals surface area contributed by atoms with E-state index in [1.165, 1.54) is 12.8 Å². The highest BCUT2D eigenvalue weighted by atomic mass is 16.5. The highest BCUT2D eigenvalue weighted by molar-refractivity contribution is 5.70. The Hall–Kier alpha value is -3.26. The van der Waals surface area contributed by atoms with Crippen LogP contribution in [0.2, 0.25) is 0 Å². The van der Waals surface area contributed by atoms with Gasteiger partial charge in [0.25, 0.3) is 0 Å². The summed E-state index contributed by atoms with van der Waals surface area (Å²) in [6.45, 7) is 4.03. The molecule has 3 aromatic rings. The van der Waals surface area contributed by atoms with E-state index >= 15 is 0 Å². The molecule has 1 aliphatic heterocycles. The summed E-state index contributed by atoms with van der Waals surface area (Å²) in [6, 6.07) is 9.64. The molecule has 0 amide bonds. The summed E-state index contributed by atoms with van der Waals surface area (Å²) in [5.41, 5.74) is 1.67. The van der Waals surface area contributed by atoms with Gasteiger partial charge in [-0.3, -0.25) is 4.79 Å². The number of pyridine rings is 2. The van der Waals surface area contributed by atoms with Gasteiger partial charge in [0.1, 0.15) is 23.3 Å². The van der Waals surface area contributed by atoms with E-state index in [4.69, 9.17) is 4.74 Å². The molecule has 5 rings (SSSR count). The Balaban J connectivity index is 1.45. The van der Waals surface area contributed by atoms with Crippen molar-refractivity contribution in [2.75, 3.05) is 30.0 Å². The number of ether oxygens (including phenoxy) is 1. The molecule has 0 radical (unpaired) electrons. The summed E-state index contributed by atoms with van der Waals surface area (Å²) in [4.78, 5) is 30.6. The number of H-pyrrole nitrogens is 1. The molecule has 1 unspecified atom stereocenters. The molecule has 4 heterocycles. The lowest BCUT2D eigenvalue weighted by molar-refractivity contribution is 0.0874. The summed E-state index contributed by atoms with van der Waals surface area (Å²) in [6.07, 6.45) is 5.90. The van der Waals surface area contributed by atoms with Crippen LogP contribution >= 0.6 is 0 Å². The predicted octanol–water partition coefficient (Wildman–Crippen LogP) is 2.89. The standard InChI is InChI=1S/C22H24N6O2/c1-14-23-7-5-19(25-14)26-20-10-16(4-6-24-20)17-11-21(27-22(29)12-17)28-8-9-30-13-18(28)15-2-3-15/h4-7,10-12,15,18H,2-3,8-9,13H2,1H3,(H,27,29)(H,23,24,25,26). The first-order valence-electron chi connectivity index (χ1n) is 10.3. The van der Waals surface area contributed by atoms with Crippen molar-refractivity contribution in [3.8, 4) is 11.1 Å². The Morgan fingerprint density at radius 1 is 1.10 bits per heavy atom. The molecule has 2 N–H and O–H groups in total. The van der Waals surface area contributed by atoms with Gasteiger partial charge in [-0.05, 0) is 61.1 Å². The van der Waals surface area contributed by atoms with E-state index in [-0.39, 0.29) is 5.56 Å². The summed E-state index contributed by atoms with van der Waals surface area (Å²) in [5, 5.41) is 3.20. The van der Waals surface area contributed by atoms with Crippen LogP contribution in [-0.2, 0) is 4.74 Å². The summed E-state index contributed by atoms with van der Waals surface area (Å²) < 4.78 is 5.70. The molecule has 0 bridgehead atoms. The zero-order valence-electron chi connectivity index (χ0n) is 16.8. The van der Waals surface area contributed by atoms with Gasteiger partial charge < -0.3 is 19.9 Å². The van der Waals surface area contributed by atoms with Crippen molar-refractivity contribution < 1.29 is 4.74 Å². The molecule has 2 aliphatic rings. The monoisotopic (exact) mass is 404 g/mol. The first-order chi connectivity index (χ1) is 14.7. The fourth-order valence-electron chi connectivity index (χ4n) is 3.98. The number of aryl methyl sites for hydroxylation is 1. The van der Waals surface area contributed by atoms with Crippen molar-refractivity contribution in [3.63, 3.8) is 0 Å². The molecule has 154 valence electrons. The van der Waals surface area contributed by atoms with Crippen LogP contribution < -0.4 is 15.8 Å². The summed E-state index contributed by atoms with van der Waals surface area (Å²) in [7, 11) is 0. The molecule has 2 fully saturated rings. The fraction of sp³-hybridized carbons (Fsp3) is 0.364. The van der Waals surface area contributed by atoms with Gasteiger partial charge in [-0.25, -0.2) is 15.0 Å². The van der Waals surface area contributed by atoms with E-state index in [0.29, 0.717) is 36.0 Å². The second-order valence-corrected chi connectivity index (χ2v) is 7.84. The van der Waals surface area contributed by atoms with E-state index in [1.807, 2.05) is 19.1 Å². The molecule has 1 aliphatic carbocycles. The normalized spacial score (nSPS) is 19.0. The molecule has 1 saturated carbocycles. The van der Waals surface area contributed by atoms with Gasteiger partial charge >= 0.3 is 0 Å². The molecule has 1 atom stereocenters. The fourth-order valence-corrected chi connectivity index (χ4v) is 3.98. The third-order valence-corrected chi connectivity index (χ3v) is 5.60. The number of hydrogen-bond acceptors (Lipinski definition) is 7. The van der Waals surface area contributed by atoms with E-state index in [9.17, 15) is 4.79 Å². The van der Waals surface area contributed by atoms with E-state index < -0.39 is 0 Å². The van der Waals surface area contributed by atoms with Crippen LogP contribution in [0.3, 0.4) is 0 Å². The molecule has 8 nitrogen and oxygen atoms in total. The Labute approximate surface area is 174 Å². The number of morpholine rings is 1. The zero-order valence-corrected chi connectivity index (χ0v) is 16.8. The van der Waals surface area contributed by atoms with Crippen LogP contribution in [0.5, 0.6) is 0 Å². The maximum atomic E-state index is 12.5. The lowest BCUT2D eigenvalue weighted by Crippen LogP contribution is -2.47. The molecular weight excluding hydrogens is 380 g/mol. The number of hydrogen-bond donors (Lipinski definition) is 2. The quantitative estimate of drug-likeness (QED) is 0.675. The third kappa shape index (κ3) is 4.04. The minimum atomic E-state index is -0.110. The van der Waals surface area contributed by atoms with Gasteiger partial charge in [0.2, 0.25) is 5.56 Å². The van der Waals surface area contributed by atoms with Crippen molar-refractivity contribution in [1.29, 1.82) is 0 Å². The van der Waals surface area contributed by atoms with Crippen LogP contribution in [0, 0.1) is 12.8 Å². The smallest absolute Gasteiger partial charge is 0.250 e. The third-order valence-electron chi connectivity index (χ3n) is 5.60. The van der Waals surface area contributed by atoms with Gasteiger partial charge in [0.05, 0.1) is 19.3 Å². The summed E-state index contributed by atoms with van der Waals surface area (Å²) in [5.74, 6) is 3.54. The van der Waals surface area contributed by atoms with Gasteiger partial charge in [0, 0.05) is 25.0 Å². The second-order valence-electron chi connectivity index (χ2n) is 7.84. The topological polar surface area (TPSA) is 96.0 Å². The van der Waals surface area contributed by atoms with Gasteiger partial charge in [-0.15, -0.1) is 0 Å². The second kappa shape index (κ2) is 7.87. The maximum Gasteiger partial charge on any atom is 0.250 e. The zero-order chi connectivity index (χ0) is 20.5. The van der Waals surface area contributed by atoms with Crippen LogP contribution in [0.15, 0.2) is 47.5 Å². The largest absolute Gasteiger partial charge is 0.377 e. The minimum absolute atomic E-state index is 0.110. The molecule has 0 spiro atoms. The van der Waals surface area contributed by atoms with Crippen LogP contribution in [0.25, 0.3) is 11.1 Å². The predicted molar refractivity (Wildman–Crippen MR) is 115 cm³/mol. The maximum absolute atomic E-state index is 12.5. The molecule has 30 heavy (non-hydrogen) atoms. The number of rotatable bonds is 5. The SMILES string of the molecule is Cc1nccc(Nc2cc(-c3cc(N4CCOCC4C4CC4)[nH]c(=O)c3)ccn2)n1. The minimum Gasteiger partial charge on any atom is -0.377 e. The Morgan fingerprint density at radius 3 is 2.80 bits per heavy atom. The first-order valence-corrected chi connectivity index (χ1v) is 10.3. The summed E-state index contributed by atoms with van der Waals surface area (Å²) >= 11 is 0. The lowest BCUT2D eigenvalue weighted by Gasteiger charge is -2.37. The molecule has 0 aromatic carbocycles. The average molecular weight is 404 g/mol. The average Bonchev–Trinajstić information content (AvgIpc) is 3.59. The van der Waals surface area contributed by atoms with Crippen molar-refractivity contribution in [2.45, 2.75) is 25.8 Å². The van der Waals surface area contributed by atoms with Gasteiger partial charge in [-0.2, -0.15) is 0 Å². The van der Waals surface area contributed by atoms with Crippen molar-refractivity contribution >= 4 is 17.5 Å². The van der Waals surface area contributed by atoms with Crippen LogP contribution in [-0.4, -0.2) is 45.7 Å². The number of aromatic amines is 1. The molecule has 1 saturated heterocycles. The molecule has 3 aromatic heterocycles. The number of aromatic nitrogens is 4. The van der Waals surface area contributed by atoms with E-state index in [2.05, 4.69) is 36.2 Å². The van der Waals surface area contributed by atoms with E-state index in [0.717, 1.165) is 30.1 Å². The molecule has 8 heteroatoms. The lowest BCUT2D eigenvalue weighted by atomic mass is 10.1. The highest BCUT2D eigenvalue weighted by Crippen LogP contribution is 2.38. The Kier molecular flexibility index (Phi) is 4.92. The number of nitrogens with zero attached hydrogens (tertiary/aromatic N) is 4. The van der Waals surface area contributed by atoms with Crippen molar-refractivity contribution in [2.24, 2.45) is 5.92 Å². The van der Waals surface area contributed by atoms with Crippen LogP contribution in [0.4, 0.5) is 17.5 Å². The van der Waals surface area contributed by atoms with Gasteiger partial charge in [-0.1, -0.05) is 0 Å². The highest BCUT2D eigenvalue weighted by Gasteiger charge is 2.37. The number of nitrogens with one attached hydrogen (secondary N) is 2. The Morgan fingerprint density at radius 2 is 1.97 bits per heavy atom. The van der Waals surface area contributed by atoms with Crippen molar-refractivity contribution in [3.05, 3.63) is 58.9 Å².